The first-order valence-corrected chi connectivity index (χ1v) is 14.5. The Hall–Kier alpha value is -4.52. The van der Waals surface area contributed by atoms with Gasteiger partial charge >= 0.3 is 12.1 Å². The molecule has 0 aliphatic carbocycles. The van der Waals surface area contributed by atoms with E-state index in [4.69, 9.17) is 15.9 Å². The molecule has 0 saturated heterocycles. The fraction of sp³-hybridized carbons (Fsp3) is 0.471. The summed E-state index contributed by atoms with van der Waals surface area (Å²) in [5.74, 6) is -2.25. The molecule has 0 aliphatic rings. The fourth-order valence-electron chi connectivity index (χ4n) is 4.32. The summed E-state index contributed by atoms with van der Waals surface area (Å²) in [5.41, 5.74) is -0.598. The van der Waals surface area contributed by atoms with Gasteiger partial charge in [0.1, 0.15) is 35.1 Å². The Morgan fingerprint density at radius 3 is 1.93 bits per heavy atom. The molecule has 10 nitrogen and oxygen atoms in total. The van der Waals surface area contributed by atoms with Crippen molar-refractivity contribution in [2.75, 3.05) is 0 Å². The molecule has 10 heteroatoms. The van der Waals surface area contributed by atoms with Gasteiger partial charge < -0.3 is 25.2 Å². The van der Waals surface area contributed by atoms with Gasteiger partial charge in [-0.25, -0.2) is 9.59 Å². The van der Waals surface area contributed by atoms with Gasteiger partial charge in [0.05, 0.1) is 0 Å². The van der Waals surface area contributed by atoms with Crippen LogP contribution in [0.15, 0.2) is 54.6 Å². The summed E-state index contributed by atoms with van der Waals surface area (Å²) in [5, 5.41) is 15.3. The van der Waals surface area contributed by atoms with Gasteiger partial charge in [-0.15, -0.1) is 0 Å². The Morgan fingerprint density at radius 2 is 1.43 bits per heavy atom. The highest BCUT2D eigenvalue weighted by Crippen LogP contribution is 2.26. The number of amides is 3. The minimum atomic E-state index is -1.43. The second-order valence-electron chi connectivity index (χ2n) is 12.9. The van der Waals surface area contributed by atoms with Crippen LogP contribution in [0.2, 0.25) is 0 Å². The minimum absolute atomic E-state index is 0.0399. The smallest absolute Gasteiger partial charge is 0.408 e. The molecule has 0 aromatic heterocycles. The van der Waals surface area contributed by atoms with E-state index in [2.05, 4.69) is 16.7 Å². The Labute approximate surface area is 260 Å². The van der Waals surface area contributed by atoms with Crippen molar-refractivity contribution in [1.29, 1.82) is 0 Å². The van der Waals surface area contributed by atoms with E-state index in [1.54, 1.807) is 41.5 Å². The number of nitrogens with one attached hydrogen (secondary N) is 2. The molecule has 238 valence electrons. The zero-order valence-electron chi connectivity index (χ0n) is 26.8. The minimum Gasteiger partial charge on any atom is -0.508 e. The zero-order chi connectivity index (χ0) is 33.2. The van der Waals surface area contributed by atoms with Crippen LogP contribution < -0.4 is 10.6 Å². The van der Waals surface area contributed by atoms with Crippen LogP contribution in [0.25, 0.3) is 0 Å². The van der Waals surface area contributed by atoms with Crippen LogP contribution in [0.4, 0.5) is 4.79 Å². The molecular formula is C34H45N3O7. The van der Waals surface area contributed by atoms with Crippen LogP contribution in [0, 0.1) is 18.4 Å². The van der Waals surface area contributed by atoms with Crippen LogP contribution in [0.5, 0.6) is 5.75 Å². The second-order valence-corrected chi connectivity index (χ2v) is 12.9. The van der Waals surface area contributed by atoms with Crippen molar-refractivity contribution in [3.05, 3.63) is 65.7 Å². The highest BCUT2D eigenvalue weighted by Gasteiger charge is 2.38. The lowest BCUT2D eigenvalue weighted by molar-refractivity contribution is -0.159. The number of carbonyl (C=O) groups is 4. The molecule has 2 aromatic carbocycles. The molecule has 3 unspecified atom stereocenters. The highest BCUT2D eigenvalue weighted by molar-refractivity contribution is 5.95. The number of phenolic OH excluding ortho intramolecular Hbond substituents is 1. The predicted molar refractivity (Wildman–Crippen MR) is 167 cm³/mol. The monoisotopic (exact) mass is 607 g/mol. The molecule has 0 fully saturated rings. The Balaban J connectivity index is 2.53. The first-order chi connectivity index (χ1) is 20.4. The van der Waals surface area contributed by atoms with Crippen LogP contribution >= 0.6 is 0 Å². The number of terminal acetylenes is 1. The van der Waals surface area contributed by atoms with E-state index in [0.717, 1.165) is 10.5 Å². The summed E-state index contributed by atoms with van der Waals surface area (Å²) >= 11 is 0. The average molecular weight is 608 g/mol. The van der Waals surface area contributed by atoms with Gasteiger partial charge in [0.25, 0.3) is 5.91 Å². The average Bonchev–Trinajstić information content (AvgIpc) is 2.89. The Kier molecular flexibility index (Phi) is 12.4. The number of alkyl carbamates (subject to hydrolysis) is 1. The van der Waals surface area contributed by atoms with Crippen molar-refractivity contribution >= 4 is 23.9 Å². The normalized spacial score (nSPS) is 13.5. The molecule has 0 radical (unpaired) electrons. The first kappa shape index (κ1) is 35.7. The lowest BCUT2D eigenvalue weighted by atomic mass is 9.99. The number of nitrogens with zero attached hydrogens (tertiary/aromatic N) is 1. The number of benzene rings is 2. The van der Waals surface area contributed by atoms with Crippen molar-refractivity contribution < 1.29 is 33.8 Å². The summed E-state index contributed by atoms with van der Waals surface area (Å²) in [6.07, 6.45) is 5.37. The molecule has 0 bridgehead atoms. The van der Waals surface area contributed by atoms with E-state index in [9.17, 15) is 24.3 Å². The number of esters is 1. The van der Waals surface area contributed by atoms with Crippen molar-refractivity contribution in [3.8, 4) is 18.2 Å². The van der Waals surface area contributed by atoms with Crippen molar-refractivity contribution in [2.45, 2.75) is 97.6 Å². The van der Waals surface area contributed by atoms with Gasteiger partial charge in [-0.3, -0.25) is 14.5 Å². The number of carbonyl (C=O) groups excluding carboxylic acids is 4. The van der Waals surface area contributed by atoms with Crippen molar-refractivity contribution in [2.24, 2.45) is 5.92 Å². The molecule has 2 aromatic rings. The molecule has 0 heterocycles. The first-order valence-electron chi connectivity index (χ1n) is 14.5. The maximum Gasteiger partial charge on any atom is 0.408 e. The lowest BCUT2D eigenvalue weighted by Gasteiger charge is -2.32. The summed E-state index contributed by atoms with van der Waals surface area (Å²) in [6.45, 7) is 14.0. The van der Waals surface area contributed by atoms with Crippen molar-refractivity contribution in [3.63, 3.8) is 0 Å². The van der Waals surface area contributed by atoms with Gasteiger partial charge in [-0.1, -0.05) is 62.7 Å². The van der Waals surface area contributed by atoms with Gasteiger partial charge in [0, 0.05) is 12.5 Å². The number of hydrogen-bond acceptors (Lipinski definition) is 7. The zero-order valence-corrected chi connectivity index (χ0v) is 26.8. The fourth-order valence-corrected chi connectivity index (χ4v) is 4.32. The van der Waals surface area contributed by atoms with Gasteiger partial charge in [-0.05, 0) is 77.1 Å². The van der Waals surface area contributed by atoms with E-state index in [1.807, 2.05) is 44.2 Å². The summed E-state index contributed by atoms with van der Waals surface area (Å²) in [4.78, 5) is 54.9. The standard InChI is InChI=1S/C34H45N3O7/c1-10-37(30(40)26(20-22(2)3)36-32(42)44-34(7,8)9)28(24-16-18-25(38)19-17-24)29(39)35-27(31(41)43-33(4,5)6)21-23-14-12-11-13-15-23/h1,11-19,22,26-28,38H,20-21H2,2-9H3,(H,35,39)(H,36,42). The third-order valence-electron chi connectivity index (χ3n) is 6.08. The SMILES string of the molecule is C#CN(C(=O)C(CC(C)C)NC(=O)OC(C)(C)C)C(C(=O)NC(Cc1ccccc1)C(=O)OC(C)(C)C)c1ccc(O)cc1. The summed E-state index contributed by atoms with van der Waals surface area (Å²) in [7, 11) is 0. The van der Waals surface area contributed by atoms with Crippen LogP contribution in [-0.2, 0) is 30.3 Å². The van der Waals surface area contributed by atoms with Crippen molar-refractivity contribution in [1.82, 2.24) is 15.5 Å². The molecular weight excluding hydrogens is 562 g/mol. The number of rotatable bonds is 11. The largest absolute Gasteiger partial charge is 0.508 e. The van der Waals surface area contributed by atoms with E-state index in [0.29, 0.717) is 0 Å². The molecule has 0 saturated carbocycles. The van der Waals surface area contributed by atoms with Crippen LogP contribution in [-0.4, -0.2) is 57.2 Å². The number of ether oxygens (including phenoxy) is 2. The van der Waals surface area contributed by atoms with E-state index in [1.165, 1.54) is 24.3 Å². The number of aromatic hydroxyl groups is 1. The van der Waals surface area contributed by atoms with Crippen LogP contribution in [0.1, 0.15) is 79.0 Å². The van der Waals surface area contributed by atoms with Gasteiger partial charge in [0.15, 0.2) is 0 Å². The molecule has 0 aliphatic heterocycles. The maximum atomic E-state index is 14.1. The number of hydrogen-bond donors (Lipinski definition) is 3. The quantitative estimate of drug-likeness (QED) is 0.189. The third kappa shape index (κ3) is 11.6. The van der Waals surface area contributed by atoms with E-state index in [-0.39, 0.29) is 30.1 Å². The molecule has 3 atom stereocenters. The predicted octanol–water partition coefficient (Wildman–Crippen LogP) is 4.86. The highest BCUT2D eigenvalue weighted by atomic mass is 16.6. The van der Waals surface area contributed by atoms with Gasteiger partial charge in [-0.2, -0.15) is 0 Å². The molecule has 44 heavy (non-hydrogen) atoms. The Morgan fingerprint density at radius 1 is 0.864 bits per heavy atom. The topological polar surface area (TPSA) is 134 Å². The van der Waals surface area contributed by atoms with E-state index >= 15 is 0 Å². The lowest BCUT2D eigenvalue weighted by Crippen LogP contribution is -2.54. The summed E-state index contributed by atoms with van der Waals surface area (Å²) in [6, 6.07) is 13.4. The maximum absolute atomic E-state index is 14.1. The van der Waals surface area contributed by atoms with E-state index < -0.39 is 53.2 Å². The molecule has 0 spiro atoms. The molecule has 3 N–H and O–H groups in total. The molecule has 3 amide bonds. The third-order valence-corrected chi connectivity index (χ3v) is 6.08. The summed E-state index contributed by atoms with van der Waals surface area (Å²) < 4.78 is 11.0. The number of phenols is 1. The van der Waals surface area contributed by atoms with Crippen LogP contribution in [0.3, 0.4) is 0 Å². The van der Waals surface area contributed by atoms with Gasteiger partial charge in [0.2, 0.25) is 5.91 Å². The molecule has 2 rings (SSSR count). The second kappa shape index (κ2) is 15.3. The Bertz CT molecular complexity index is 1320.